The second-order valence-corrected chi connectivity index (χ2v) is 2.42. The summed E-state index contributed by atoms with van der Waals surface area (Å²) in [4.78, 5) is 3.06. The lowest BCUT2D eigenvalue weighted by molar-refractivity contribution is 0.419. The molecule has 2 heterocycles. The summed E-state index contributed by atoms with van der Waals surface area (Å²) in [5, 5.41) is 3.59. The lowest BCUT2D eigenvalue weighted by Gasteiger charge is -1.82. The minimum atomic E-state index is 0.963. The van der Waals surface area contributed by atoms with Gasteiger partial charge in [0.15, 0.2) is 0 Å². The van der Waals surface area contributed by atoms with E-state index in [0.717, 1.165) is 11.3 Å². The molecule has 60 valence electrons. The molecular formula is C9H8N2O. The fourth-order valence-electron chi connectivity index (χ4n) is 0.929. The zero-order valence-corrected chi connectivity index (χ0v) is 6.40. The van der Waals surface area contributed by atoms with E-state index in [1.165, 1.54) is 0 Å². The van der Waals surface area contributed by atoms with Crippen LogP contribution >= 0.6 is 0 Å². The Bertz CT molecular complexity index is 310. The normalized spacial score (nSPS) is 11.0. The Kier molecular flexibility index (Phi) is 1.78. The van der Waals surface area contributed by atoms with Gasteiger partial charge in [0, 0.05) is 17.5 Å². The number of rotatable bonds is 2. The zero-order valence-electron chi connectivity index (χ0n) is 6.40. The Balaban J connectivity index is 2.14. The van der Waals surface area contributed by atoms with Gasteiger partial charge in [0.1, 0.15) is 6.26 Å². The van der Waals surface area contributed by atoms with Gasteiger partial charge in [-0.25, -0.2) is 0 Å². The molecule has 0 aromatic carbocycles. The largest absolute Gasteiger partial charge is 0.364 e. The summed E-state index contributed by atoms with van der Waals surface area (Å²) in [7, 11) is 0. The molecule has 0 bridgehead atoms. The van der Waals surface area contributed by atoms with Crippen molar-refractivity contribution in [3.63, 3.8) is 0 Å². The van der Waals surface area contributed by atoms with Crippen LogP contribution in [-0.2, 0) is 0 Å². The molecule has 12 heavy (non-hydrogen) atoms. The Morgan fingerprint density at radius 3 is 3.08 bits per heavy atom. The summed E-state index contributed by atoms with van der Waals surface area (Å²) >= 11 is 0. The summed E-state index contributed by atoms with van der Waals surface area (Å²) < 4.78 is 4.67. The molecule has 0 aliphatic rings. The molecule has 0 saturated heterocycles. The first-order chi connectivity index (χ1) is 5.95. The van der Waals surface area contributed by atoms with E-state index >= 15 is 0 Å². The molecule has 0 radical (unpaired) electrons. The molecule has 1 N–H and O–H groups in total. The molecule has 2 aromatic rings. The summed E-state index contributed by atoms with van der Waals surface area (Å²) in [6, 6.07) is 3.94. The fourth-order valence-corrected chi connectivity index (χ4v) is 0.929. The summed E-state index contributed by atoms with van der Waals surface area (Å²) in [6.07, 6.45) is 9.04. The number of nitrogens with zero attached hydrogens (tertiary/aromatic N) is 1. The highest BCUT2D eigenvalue weighted by molar-refractivity contribution is 5.66. The standard InChI is InChI=1S/C9H8N2O/c1-2-9(10-5-1)4-3-8-6-11-12-7-8/h1-7,10H/b4-3+. The molecule has 0 amide bonds. The number of aromatic nitrogens is 2. The van der Waals surface area contributed by atoms with Gasteiger partial charge in [-0.05, 0) is 24.3 Å². The predicted octanol–water partition coefficient (Wildman–Crippen LogP) is 2.17. The molecule has 3 heteroatoms. The molecule has 0 aliphatic carbocycles. The van der Waals surface area contributed by atoms with Crippen LogP contribution in [-0.4, -0.2) is 10.1 Å². The smallest absolute Gasteiger partial charge is 0.131 e. The fraction of sp³-hybridized carbons (Fsp3) is 0. The number of nitrogens with one attached hydrogen (secondary N) is 1. The molecule has 2 rings (SSSR count). The molecule has 2 aromatic heterocycles. The van der Waals surface area contributed by atoms with Crippen molar-refractivity contribution in [2.75, 3.05) is 0 Å². The van der Waals surface area contributed by atoms with Crippen molar-refractivity contribution < 1.29 is 4.52 Å². The molecular weight excluding hydrogens is 152 g/mol. The van der Waals surface area contributed by atoms with E-state index in [-0.39, 0.29) is 0 Å². The van der Waals surface area contributed by atoms with E-state index in [1.807, 2.05) is 30.5 Å². The quantitative estimate of drug-likeness (QED) is 0.731. The molecule has 0 atom stereocenters. The Morgan fingerprint density at radius 2 is 2.42 bits per heavy atom. The third-order valence-corrected chi connectivity index (χ3v) is 1.53. The van der Waals surface area contributed by atoms with Gasteiger partial charge in [0.25, 0.3) is 0 Å². The number of hydrogen-bond acceptors (Lipinski definition) is 2. The number of H-pyrrole nitrogens is 1. The van der Waals surface area contributed by atoms with Gasteiger partial charge in [0.05, 0.1) is 6.20 Å². The lowest BCUT2D eigenvalue weighted by Crippen LogP contribution is -1.66. The van der Waals surface area contributed by atoms with Crippen molar-refractivity contribution in [1.82, 2.24) is 10.1 Å². The molecule has 0 saturated carbocycles. The van der Waals surface area contributed by atoms with Gasteiger partial charge in [-0.3, -0.25) is 0 Å². The minimum Gasteiger partial charge on any atom is -0.364 e. The maximum Gasteiger partial charge on any atom is 0.131 e. The number of hydrogen-bond donors (Lipinski definition) is 1. The van der Waals surface area contributed by atoms with E-state index in [4.69, 9.17) is 0 Å². The van der Waals surface area contributed by atoms with Gasteiger partial charge in [-0.15, -0.1) is 0 Å². The van der Waals surface area contributed by atoms with Crippen LogP contribution in [0, 0.1) is 0 Å². The maximum atomic E-state index is 4.67. The Labute approximate surface area is 69.7 Å². The second-order valence-electron chi connectivity index (χ2n) is 2.42. The van der Waals surface area contributed by atoms with E-state index in [9.17, 15) is 0 Å². The molecule has 0 aliphatic heterocycles. The molecule has 0 unspecified atom stereocenters. The van der Waals surface area contributed by atoms with Crippen molar-refractivity contribution >= 4 is 12.2 Å². The highest BCUT2D eigenvalue weighted by atomic mass is 16.5. The Morgan fingerprint density at radius 1 is 1.42 bits per heavy atom. The predicted molar refractivity (Wildman–Crippen MR) is 46.2 cm³/mol. The van der Waals surface area contributed by atoms with Gasteiger partial charge in [-0.2, -0.15) is 0 Å². The third-order valence-electron chi connectivity index (χ3n) is 1.53. The second kappa shape index (κ2) is 3.09. The SMILES string of the molecule is C(=C\c1ccc[nH]1)/c1cnoc1. The van der Waals surface area contributed by atoms with Crippen LogP contribution in [0.2, 0.25) is 0 Å². The minimum absolute atomic E-state index is 0.963. The monoisotopic (exact) mass is 160 g/mol. The molecule has 0 spiro atoms. The van der Waals surface area contributed by atoms with Gasteiger partial charge in [-0.1, -0.05) is 5.16 Å². The Hall–Kier alpha value is -1.77. The van der Waals surface area contributed by atoms with Crippen molar-refractivity contribution in [3.8, 4) is 0 Å². The van der Waals surface area contributed by atoms with Crippen molar-refractivity contribution in [2.24, 2.45) is 0 Å². The van der Waals surface area contributed by atoms with E-state index in [2.05, 4.69) is 14.7 Å². The molecule has 3 nitrogen and oxygen atoms in total. The first kappa shape index (κ1) is 6.91. The number of aromatic amines is 1. The average Bonchev–Trinajstić information content (AvgIpc) is 2.74. The van der Waals surface area contributed by atoms with Crippen LogP contribution in [0.3, 0.4) is 0 Å². The van der Waals surface area contributed by atoms with Crippen LogP contribution in [0.4, 0.5) is 0 Å². The maximum absolute atomic E-state index is 4.67. The third kappa shape index (κ3) is 1.45. The van der Waals surface area contributed by atoms with Crippen LogP contribution in [0.25, 0.3) is 12.2 Å². The summed E-state index contributed by atoms with van der Waals surface area (Å²) in [5.74, 6) is 0. The van der Waals surface area contributed by atoms with Crippen LogP contribution < -0.4 is 0 Å². The van der Waals surface area contributed by atoms with E-state index in [0.29, 0.717) is 0 Å². The lowest BCUT2D eigenvalue weighted by atomic mass is 10.3. The first-order valence-corrected chi connectivity index (χ1v) is 3.66. The van der Waals surface area contributed by atoms with E-state index in [1.54, 1.807) is 12.5 Å². The highest BCUT2D eigenvalue weighted by Crippen LogP contribution is 2.04. The zero-order chi connectivity index (χ0) is 8.23. The van der Waals surface area contributed by atoms with Crippen molar-refractivity contribution in [2.45, 2.75) is 0 Å². The van der Waals surface area contributed by atoms with E-state index < -0.39 is 0 Å². The summed E-state index contributed by atoms with van der Waals surface area (Å²) in [6.45, 7) is 0. The highest BCUT2D eigenvalue weighted by Gasteiger charge is 1.88. The van der Waals surface area contributed by atoms with Gasteiger partial charge in [0.2, 0.25) is 0 Å². The summed E-state index contributed by atoms with van der Waals surface area (Å²) in [5.41, 5.74) is 2.03. The topological polar surface area (TPSA) is 41.8 Å². The average molecular weight is 160 g/mol. The van der Waals surface area contributed by atoms with Crippen LogP contribution in [0.1, 0.15) is 11.3 Å². The van der Waals surface area contributed by atoms with Gasteiger partial charge < -0.3 is 9.51 Å². The van der Waals surface area contributed by atoms with Crippen molar-refractivity contribution in [1.29, 1.82) is 0 Å². The van der Waals surface area contributed by atoms with Gasteiger partial charge >= 0.3 is 0 Å². The van der Waals surface area contributed by atoms with Crippen molar-refractivity contribution in [3.05, 3.63) is 42.0 Å². The van der Waals surface area contributed by atoms with Crippen LogP contribution in [0.5, 0.6) is 0 Å². The molecule has 0 fully saturated rings. The first-order valence-electron chi connectivity index (χ1n) is 3.66. The van der Waals surface area contributed by atoms with Crippen LogP contribution in [0.15, 0.2) is 35.3 Å².